The van der Waals surface area contributed by atoms with Crippen LogP contribution in [0.15, 0.2) is 18.2 Å². The fraction of sp³-hybridized carbons (Fsp3) is 0.273. The molecule has 1 aromatic carbocycles. The molecule has 0 spiro atoms. The van der Waals surface area contributed by atoms with Gasteiger partial charge in [-0.15, -0.1) is 0 Å². The largest absolute Gasteiger partial charge is 0.430 e. The van der Waals surface area contributed by atoms with Crippen LogP contribution in [0.2, 0.25) is 5.02 Å². The maximum absolute atomic E-state index is 13.0. The summed E-state index contributed by atoms with van der Waals surface area (Å²) in [4.78, 5) is 23.4. The molecule has 2 rings (SSSR count). The lowest BCUT2D eigenvalue weighted by Crippen LogP contribution is -2.51. The zero-order valence-corrected chi connectivity index (χ0v) is 10.2. The number of aliphatic hydroxyl groups is 1. The number of hydrogen-bond donors (Lipinski definition) is 1. The van der Waals surface area contributed by atoms with Gasteiger partial charge in [0.25, 0.3) is 11.5 Å². The lowest BCUT2D eigenvalue weighted by Gasteiger charge is -2.24. The number of fused-ring (bicyclic) bond motifs is 1. The molecule has 0 aromatic heterocycles. The molecule has 1 aliphatic heterocycles. The minimum atomic E-state index is -5.26. The molecule has 2 amide bonds. The van der Waals surface area contributed by atoms with Crippen molar-refractivity contribution in [2.45, 2.75) is 18.7 Å². The average Bonchev–Trinajstić information content (AvgIpc) is 2.49. The van der Waals surface area contributed by atoms with Crippen molar-refractivity contribution >= 4 is 29.1 Å². The van der Waals surface area contributed by atoms with Gasteiger partial charge in [0.1, 0.15) is 0 Å². The van der Waals surface area contributed by atoms with E-state index < -0.39 is 29.2 Å². The van der Waals surface area contributed by atoms with Gasteiger partial charge in [-0.1, -0.05) is 11.6 Å². The van der Waals surface area contributed by atoms with E-state index in [1.54, 1.807) is 0 Å². The molecule has 1 aromatic rings. The molecule has 8 heteroatoms. The van der Waals surface area contributed by atoms with Gasteiger partial charge in [-0.2, -0.15) is 13.2 Å². The highest BCUT2D eigenvalue weighted by Crippen LogP contribution is 2.50. The quantitative estimate of drug-likeness (QED) is 0.796. The van der Waals surface area contributed by atoms with Crippen LogP contribution in [0.1, 0.15) is 12.5 Å². The van der Waals surface area contributed by atoms with Gasteiger partial charge in [-0.25, -0.2) is 4.90 Å². The summed E-state index contributed by atoms with van der Waals surface area (Å²) in [5.41, 5.74) is -4.81. The van der Waals surface area contributed by atoms with Crippen molar-refractivity contribution in [3.05, 3.63) is 28.8 Å². The van der Waals surface area contributed by atoms with E-state index in [2.05, 4.69) is 0 Å². The van der Waals surface area contributed by atoms with Crippen LogP contribution in [-0.4, -0.2) is 23.1 Å². The second-order valence-corrected chi connectivity index (χ2v) is 4.47. The second-order valence-electron chi connectivity index (χ2n) is 4.03. The number of halogens is 4. The van der Waals surface area contributed by atoms with E-state index in [1.807, 2.05) is 0 Å². The fourth-order valence-corrected chi connectivity index (χ4v) is 2.14. The predicted molar refractivity (Wildman–Crippen MR) is 59.6 cm³/mol. The molecule has 0 bridgehead atoms. The standard InChI is InChI=1S/C11H7ClF3NO3/c1-5(17)16-8-3-2-6(12)4-7(8)10(19,9(16)18)11(13,14)15/h2-4,19H,1H3. The number of imide groups is 1. The molecular weight excluding hydrogens is 287 g/mol. The summed E-state index contributed by atoms with van der Waals surface area (Å²) in [7, 11) is 0. The molecule has 1 atom stereocenters. The van der Waals surface area contributed by atoms with E-state index in [4.69, 9.17) is 11.6 Å². The van der Waals surface area contributed by atoms with Crippen LogP contribution in [0.4, 0.5) is 18.9 Å². The van der Waals surface area contributed by atoms with Crippen LogP contribution >= 0.6 is 11.6 Å². The third-order valence-corrected chi connectivity index (χ3v) is 3.06. The maximum atomic E-state index is 13.0. The van der Waals surface area contributed by atoms with Crippen LogP contribution in [-0.2, 0) is 15.2 Å². The Kier molecular flexibility index (Phi) is 2.87. The van der Waals surface area contributed by atoms with Gasteiger partial charge in [-0.05, 0) is 18.2 Å². The van der Waals surface area contributed by atoms with E-state index in [1.165, 1.54) is 6.07 Å². The van der Waals surface area contributed by atoms with Gasteiger partial charge < -0.3 is 5.11 Å². The molecule has 0 radical (unpaired) electrons. The molecular formula is C11H7ClF3NO3. The van der Waals surface area contributed by atoms with E-state index in [0.29, 0.717) is 4.90 Å². The van der Waals surface area contributed by atoms with Crippen molar-refractivity contribution in [1.82, 2.24) is 0 Å². The summed E-state index contributed by atoms with van der Waals surface area (Å²) in [6, 6.07) is 3.14. The predicted octanol–water partition coefficient (Wildman–Crippen LogP) is 1.98. The molecule has 102 valence electrons. The van der Waals surface area contributed by atoms with Gasteiger partial charge in [0.05, 0.1) is 5.69 Å². The number of rotatable bonds is 0. The molecule has 0 fully saturated rings. The van der Waals surface area contributed by atoms with Gasteiger partial charge in [0.15, 0.2) is 0 Å². The van der Waals surface area contributed by atoms with Crippen LogP contribution in [0.3, 0.4) is 0 Å². The van der Waals surface area contributed by atoms with Crippen molar-refractivity contribution in [3.8, 4) is 0 Å². The molecule has 0 aliphatic carbocycles. The molecule has 1 N–H and O–H groups in total. The van der Waals surface area contributed by atoms with Crippen LogP contribution in [0.5, 0.6) is 0 Å². The fourth-order valence-electron chi connectivity index (χ4n) is 1.97. The van der Waals surface area contributed by atoms with Crippen molar-refractivity contribution in [2.24, 2.45) is 0 Å². The van der Waals surface area contributed by atoms with E-state index in [9.17, 15) is 27.9 Å². The third-order valence-electron chi connectivity index (χ3n) is 2.83. The third kappa shape index (κ3) is 1.73. The Morgan fingerprint density at radius 3 is 2.47 bits per heavy atom. The maximum Gasteiger partial charge on any atom is 0.430 e. The van der Waals surface area contributed by atoms with Crippen molar-refractivity contribution in [2.75, 3.05) is 4.90 Å². The topological polar surface area (TPSA) is 57.6 Å². The summed E-state index contributed by atoms with van der Waals surface area (Å²) in [5.74, 6) is -2.67. The molecule has 0 saturated heterocycles. The SMILES string of the molecule is CC(=O)N1C(=O)C(O)(C(F)(F)F)c2cc(Cl)ccc21. The number of carbonyl (C=O) groups excluding carboxylic acids is 2. The number of hydrogen-bond acceptors (Lipinski definition) is 3. The smallest absolute Gasteiger partial charge is 0.368 e. The Hall–Kier alpha value is -1.60. The normalized spacial score (nSPS) is 22.6. The number of nitrogens with zero attached hydrogens (tertiary/aromatic N) is 1. The summed E-state index contributed by atoms with van der Waals surface area (Å²) in [5, 5.41) is 9.68. The van der Waals surface area contributed by atoms with Gasteiger partial charge in [0, 0.05) is 17.5 Å². The molecule has 1 heterocycles. The van der Waals surface area contributed by atoms with Crippen molar-refractivity contribution < 1.29 is 27.9 Å². The second kappa shape index (κ2) is 3.94. The minimum Gasteiger partial charge on any atom is -0.368 e. The minimum absolute atomic E-state index is 0.0837. The average molecular weight is 294 g/mol. The van der Waals surface area contributed by atoms with Crippen molar-refractivity contribution in [1.29, 1.82) is 0 Å². The zero-order chi connectivity index (χ0) is 14.6. The highest BCUT2D eigenvalue weighted by Gasteiger charge is 2.67. The molecule has 1 aliphatic rings. The summed E-state index contributed by atoms with van der Waals surface area (Å²) >= 11 is 5.58. The van der Waals surface area contributed by atoms with Crippen LogP contribution in [0.25, 0.3) is 0 Å². The summed E-state index contributed by atoms with van der Waals surface area (Å²) < 4.78 is 39.0. The Morgan fingerprint density at radius 2 is 2.00 bits per heavy atom. The lowest BCUT2D eigenvalue weighted by molar-refractivity contribution is -0.253. The molecule has 1 unspecified atom stereocenters. The number of anilines is 1. The van der Waals surface area contributed by atoms with E-state index in [0.717, 1.165) is 19.1 Å². The Labute approximate surface area is 110 Å². The zero-order valence-electron chi connectivity index (χ0n) is 9.45. The number of carbonyl (C=O) groups is 2. The van der Waals surface area contributed by atoms with E-state index in [-0.39, 0.29) is 10.7 Å². The highest BCUT2D eigenvalue weighted by molar-refractivity contribution is 6.31. The van der Waals surface area contributed by atoms with Crippen LogP contribution in [0, 0.1) is 0 Å². The van der Waals surface area contributed by atoms with Gasteiger partial charge >= 0.3 is 6.18 Å². The first-order chi connectivity index (χ1) is 8.60. The first-order valence-corrected chi connectivity index (χ1v) is 5.42. The van der Waals surface area contributed by atoms with E-state index >= 15 is 0 Å². The first kappa shape index (κ1) is 13.8. The Bertz CT molecular complexity index is 587. The molecule has 19 heavy (non-hydrogen) atoms. The highest BCUT2D eigenvalue weighted by atomic mass is 35.5. The summed E-state index contributed by atoms with van der Waals surface area (Å²) in [6.07, 6.45) is -5.26. The number of amides is 2. The Morgan fingerprint density at radius 1 is 1.42 bits per heavy atom. The van der Waals surface area contributed by atoms with Gasteiger partial charge in [0.2, 0.25) is 5.91 Å². The van der Waals surface area contributed by atoms with Gasteiger partial charge in [-0.3, -0.25) is 9.59 Å². The number of alkyl halides is 3. The number of benzene rings is 1. The molecule has 4 nitrogen and oxygen atoms in total. The van der Waals surface area contributed by atoms with Crippen LogP contribution < -0.4 is 4.90 Å². The molecule has 0 saturated carbocycles. The lowest BCUT2D eigenvalue weighted by atomic mass is 9.95. The first-order valence-electron chi connectivity index (χ1n) is 5.05. The Balaban J connectivity index is 2.78. The monoisotopic (exact) mass is 293 g/mol. The van der Waals surface area contributed by atoms with Crippen molar-refractivity contribution in [3.63, 3.8) is 0 Å². The summed E-state index contributed by atoms with van der Waals surface area (Å²) in [6.45, 7) is 0.929.